The quantitative estimate of drug-likeness (QED) is 0.673. The van der Waals surface area contributed by atoms with Gasteiger partial charge in [0, 0.05) is 19.0 Å². The van der Waals surface area contributed by atoms with Crippen LogP contribution < -0.4 is 5.32 Å². The van der Waals surface area contributed by atoms with Crippen molar-refractivity contribution in [2.24, 2.45) is 5.92 Å². The van der Waals surface area contributed by atoms with E-state index < -0.39 is 0 Å². The smallest absolute Gasteiger partial charge is 0.252 e. The lowest BCUT2D eigenvalue weighted by Gasteiger charge is -2.26. The van der Waals surface area contributed by atoms with E-state index in [0.717, 1.165) is 51.9 Å². The van der Waals surface area contributed by atoms with Crippen LogP contribution in [0.1, 0.15) is 40.7 Å². The number of aromatic nitrogens is 1. The number of amides is 1. The Labute approximate surface area is 164 Å². The molecule has 0 saturated carbocycles. The van der Waals surface area contributed by atoms with E-state index in [4.69, 9.17) is 14.1 Å². The molecule has 0 saturated heterocycles. The third kappa shape index (κ3) is 3.58. The second-order valence-electron chi connectivity index (χ2n) is 7.28. The van der Waals surface area contributed by atoms with Crippen molar-refractivity contribution in [2.75, 3.05) is 20.3 Å². The van der Waals surface area contributed by atoms with Crippen molar-refractivity contribution in [1.29, 1.82) is 0 Å². The number of carbonyl (C=O) groups excluding carboxylic acids is 1. The van der Waals surface area contributed by atoms with Crippen molar-refractivity contribution in [3.05, 3.63) is 65.2 Å². The van der Waals surface area contributed by atoms with Gasteiger partial charge in [-0.25, -0.2) is 4.98 Å². The molecule has 5 heteroatoms. The Balaban J connectivity index is 1.88. The minimum Gasteiger partial charge on any atom is -0.465 e. The van der Waals surface area contributed by atoms with Crippen LogP contribution in [0, 0.1) is 5.92 Å². The van der Waals surface area contributed by atoms with Crippen LogP contribution in [0.15, 0.2) is 47.1 Å². The highest BCUT2D eigenvalue weighted by atomic mass is 16.5. The number of fused-ring (bicyclic) bond motifs is 2. The van der Waals surface area contributed by atoms with Gasteiger partial charge in [0.1, 0.15) is 5.76 Å². The van der Waals surface area contributed by atoms with Crippen LogP contribution in [0.25, 0.3) is 22.6 Å². The fraction of sp³-hybridized carbons (Fsp3) is 0.304. The van der Waals surface area contributed by atoms with Gasteiger partial charge in [0.15, 0.2) is 0 Å². The molecule has 0 fully saturated rings. The lowest BCUT2D eigenvalue weighted by Crippen LogP contribution is -2.29. The maximum absolute atomic E-state index is 13.1. The molecule has 0 aliphatic heterocycles. The number of hydrogen-bond donors (Lipinski definition) is 1. The van der Waals surface area contributed by atoms with Gasteiger partial charge in [-0.15, -0.1) is 0 Å². The summed E-state index contributed by atoms with van der Waals surface area (Å²) >= 11 is 0. The summed E-state index contributed by atoms with van der Waals surface area (Å²) in [5, 5.41) is 3.88. The Morgan fingerprint density at radius 2 is 2.14 bits per heavy atom. The average molecular weight is 376 g/mol. The standard InChI is InChI=1S/C23H24N2O3/c1-15-12-16(14-17-6-5-10-28-17)22-19(13-15)21(23(26)24-9-11-27-2)18-7-3-4-8-20(18)25-22/h3-8,10,14-15H,9,11-13H2,1-2H3,(H,24,26)/b16-14+. The number of para-hydroxylation sites is 1. The monoisotopic (exact) mass is 376 g/mol. The van der Waals surface area contributed by atoms with Crippen molar-refractivity contribution in [2.45, 2.75) is 19.8 Å². The van der Waals surface area contributed by atoms with Crippen molar-refractivity contribution >= 4 is 28.5 Å². The predicted molar refractivity (Wildman–Crippen MR) is 110 cm³/mol. The molecule has 1 atom stereocenters. The lowest BCUT2D eigenvalue weighted by atomic mass is 9.80. The molecule has 1 aliphatic rings. The van der Waals surface area contributed by atoms with Crippen LogP contribution in [-0.4, -0.2) is 31.2 Å². The molecule has 0 bridgehead atoms. The van der Waals surface area contributed by atoms with Gasteiger partial charge in [-0.05, 0) is 54.2 Å². The number of nitrogens with one attached hydrogen (secondary N) is 1. The van der Waals surface area contributed by atoms with Crippen LogP contribution in [0.2, 0.25) is 0 Å². The van der Waals surface area contributed by atoms with Crippen LogP contribution in [0.5, 0.6) is 0 Å². The van der Waals surface area contributed by atoms with Gasteiger partial charge in [0.25, 0.3) is 5.91 Å². The normalized spacial score (nSPS) is 17.6. The summed E-state index contributed by atoms with van der Waals surface area (Å²) in [6.45, 7) is 3.17. The fourth-order valence-corrected chi connectivity index (χ4v) is 3.90. The SMILES string of the molecule is COCCNC(=O)c1c2c(nc3ccccc13)/C(=C/c1ccco1)CC(C)C2. The van der Waals surface area contributed by atoms with Crippen molar-refractivity contribution in [3.63, 3.8) is 0 Å². The van der Waals surface area contributed by atoms with E-state index in [1.807, 2.05) is 42.5 Å². The summed E-state index contributed by atoms with van der Waals surface area (Å²) < 4.78 is 10.6. The number of methoxy groups -OCH3 is 1. The molecule has 4 rings (SSSR count). The first-order valence-electron chi connectivity index (χ1n) is 9.60. The van der Waals surface area contributed by atoms with Crippen molar-refractivity contribution in [3.8, 4) is 0 Å². The number of furan rings is 1. The zero-order chi connectivity index (χ0) is 19.5. The van der Waals surface area contributed by atoms with Gasteiger partial charge in [-0.3, -0.25) is 4.79 Å². The van der Waals surface area contributed by atoms with Crippen molar-refractivity contribution < 1.29 is 13.9 Å². The number of ether oxygens (including phenoxy) is 1. The molecule has 2 heterocycles. The molecule has 0 radical (unpaired) electrons. The van der Waals surface area contributed by atoms with Gasteiger partial charge in [-0.1, -0.05) is 25.1 Å². The van der Waals surface area contributed by atoms with Gasteiger partial charge in [0.2, 0.25) is 0 Å². The summed E-state index contributed by atoms with van der Waals surface area (Å²) in [4.78, 5) is 18.0. The highest BCUT2D eigenvalue weighted by molar-refractivity contribution is 6.09. The number of nitrogens with zero attached hydrogens (tertiary/aromatic N) is 1. The van der Waals surface area contributed by atoms with Gasteiger partial charge < -0.3 is 14.5 Å². The summed E-state index contributed by atoms with van der Waals surface area (Å²) in [7, 11) is 1.63. The third-order valence-electron chi connectivity index (χ3n) is 5.10. The predicted octanol–water partition coefficient (Wildman–Crippen LogP) is 4.33. The van der Waals surface area contributed by atoms with Gasteiger partial charge >= 0.3 is 0 Å². The van der Waals surface area contributed by atoms with E-state index in [0.29, 0.717) is 19.1 Å². The van der Waals surface area contributed by atoms with Crippen LogP contribution in [0.3, 0.4) is 0 Å². The van der Waals surface area contributed by atoms with Crippen LogP contribution in [0.4, 0.5) is 0 Å². The average Bonchev–Trinajstić information content (AvgIpc) is 3.19. The lowest BCUT2D eigenvalue weighted by molar-refractivity contribution is 0.0937. The summed E-state index contributed by atoms with van der Waals surface area (Å²) in [5.74, 6) is 1.15. The number of allylic oxidation sites excluding steroid dienone is 1. The van der Waals surface area contributed by atoms with Crippen molar-refractivity contribution in [1.82, 2.24) is 10.3 Å². The first kappa shape index (κ1) is 18.4. The van der Waals surface area contributed by atoms with E-state index in [1.165, 1.54) is 0 Å². The summed E-state index contributed by atoms with van der Waals surface area (Å²) in [6.07, 6.45) is 5.45. The summed E-state index contributed by atoms with van der Waals surface area (Å²) in [6, 6.07) is 11.7. The molecule has 1 aliphatic carbocycles. The largest absolute Gasteiger partial charge is 0.465 e. The molecule has 2 aromatic heterocycles. The van der Waals surface area contributed by atoms with Gasteiger partial charge in [-0.2, -0.15) is 0 Å². The van der Waals surface area contributed by atoms with Gasteiger partial charge in [0.05, 0.1) is 29.6 Å². The Morgan fingerprint density at radius 3 is 2.93 bits per heavy atom. The third-order valence-corrected chi connectivity index (χ3v) is 5.10. The van der Waals surface area contributed by atoms with E-state index >= 15 is 0 Å². The molecule has 28 heavy (non-hydrogen) atoms. The van der Waals surface area contributed by atoms with E-state index in [-0.39, 0.29) is 5.91 Å². The zero-order valence-corrected chi connectivity index (χ0v) is 16.2. The molecule has 1 unspecified atom stereocenters. The summed E-state index contributed by atoms with van der Waals surface area (Å²) in [5.41, 5.74) is 4.60. The number of rotatable bonds is 5. The molecular formula is C23H24N2O3. The zero-order valence-electron chi connectivity index (χ0n) is 16.2. The van der Waals surface area contributed by atoms with Crippen LogP contribution >= 0.6 is 0 Å². The molecule has 3 aromatic rings. The maximum Gasteiger partial charge on any atom is 0.252 e. The van der Waals surface area contributed by atoms with E-state index in [9.17, 15) is 4.79 Å². The number of hydrogen-bond acceptors (Lipinski definition) is 4. The van der Waals surface area contributed by atoms with Crippen LogP contribution in [-0.2, 0) is 11.2 Å². The van der Waals surface area contributed by atoms with E-state index in [1.54, 1.807) is 13.4 Å². The number of carbonyl (C=O) groups is 1. The molecular weight excluding hydrogens is 352 g/mol. The Hall–Kier alpha value is -2.92. The highest BCUT2D eigenvalue weighted by Gasteiger charge is 2.28. The molecule has 1 aromatic carbocycles. The second kappa shape index (κ2) is 7.98. The molecule has 144 valence electrons. The molecule has 1 N–H and O–H groups in total. The topological polar surface area (TPSA) is 64.4 Å². The Kier molecular flexibility index (Phi) is 5.26. The minimum atomic E-state index is -0.0710. The molecule has 0 spiro atoms. The first-order chi connectivity index (χ1) is 13.7. The minimum absolute atomic E-state index is 0.0710. The first-order valence-corrected chi connectivity index (χ1v) is 9.60. The molecule has 5 nitrogen and oxygen atoms in total. The maximum atomic E-state index is 13.1. The fourth-order valence-electron chi connectivity index (χ4n) is 3.90. The Morgan fingerprint density at radius 1 is 1.29 bits per heavy atom. The number of pyridine rings is 1. The Bertz CT molecular complexity index is 1020. The molecule has 1 amide bonds. The number of benzene rings is 1. The second-order valence-corrected chi connectivity index (χ2v) is 7.28. The highest BCUT2D eigenvalue weighted by Crippen LogP contribution is 2.38. The van der Waals surface area contributed by atoms with E-state index in [2.05, 4.69) is 12.2 Å².